The Bertz CT molecular complexity index is 1300. The third-order valence-electron chi connectivity index (χ3n) is 4.46. The number of hydrogen-bond acceptors (Lipinski definition) is 4. The smallest absolute Gasteiger partial charge is 0.294 e. The maximum absolute atomic E-state index is 13.0. The van der Waals surface area contributed by atoms with Gasteiger partial charge in [0.1, 0.15) is 11.2 Å². The molecule has 1 aromatic carbocycles. The van der Waals surface area contributed by atoms with Crippen molar-refractivity contribution in [3.8, 4) is 5.69 Å². The number of fused-ring (bicyclic) bond motifs is 3. The number of Topliss-reactive ketones (excluding diaryl/α,β-unsaturated/α-hetero) is 1. The molecule has 0 N–H and O–H groups in total. The van der Waals surface area contributed by atoms with Crippen LogP contribution in [0, 0.1) is 0 Å². The van der Waals surface area contributed by atoms with Crippen LogP contribution in [-0.2, 0) is 13.2 Å². The zero-order valence-electron chi connectivity index (χ0n) is 14.8. The molecule has 142 valence electrons. The summed E-state index contributed by atoms with van der Waals surface area (Å²) in [5.41, 5.74) is -0.113. The van der Waals surface area contributed by atoms with Crippen molar-refractivity contribution in [3.05, 3.63) is 64.2 Å². The number of hydrogen-bond donors (Lipinski definition) is 0. The number of aromatic nitrogens is 4. The van der Waals surface area contributed by atoms with Gasteiger partial charge in [-0.3, -0.25) is 18.8 Å². The topological polar surface area (TPSA) is 69.8 Å². The first kappa shape index (κ1) is 17.9. The van der Waals surface area contributed by atoms with Gasteiger partial charge in [-0.25, -0.2) is 4.98 Å². The summed E-state index contributed by atoms with van der Waals surface area (Å²) >= 11 is 0. The van der Waals surface area contributed by atoms with E-state index in [-0.39, 0.29) is 22.5 Å². The zero-order valence-corrected chi connectivity index (χ0v) is 14.8. The maximum atomic E-state index is 13.0. The van der Waals surface area contributed by atoms with Crippen LogP contribution in [0.1, 0.15) is 22.8 Å². The number of benzene rings is 1. The second-order valence-electron chi connectivity index (χ2n) is 6.40. The minimum absolute atomic E-state index is 0.203. The van der Waals surface area contributed by atoms with E-state index in [0.717, 1.165) is 12.1 Å². The average molecular weight is 386 g/mol. The molecule has 0 amide bonds. The lowest BCUT2D eigenvalue weighted by Crippen LogP contribution is -2.20. The standard InChI is InChI=1S/C19H13F3N4O2/c1-10(27)11-7-14-16-15(9-25(2)24-16)18(28)26(17(14)23-8-11)13-5-3-12(4-6-13)19(20,21)22/h3-9H,1-2H3. The number of aryl methyl sites for hydroxylation is 1. The summed E-state index contributed by atoms with van der Waals surface area (Å²) in [5.74, 6) is -0.203. The highest BCUT2D eigenvalue weighted by Gasteiger charge is 2.30. The van der Waals surface area contributed by atoms with Crippen LogP contribution >= 0.6 is 0 Å². The molecule has 0 spiro atoms. The molecule has 0 aliphatic rings. The summed E-state index contributed by atoms with van der Waals surface area (Å²) in [4.78, 5) is 29.0. The maximum Gasteiger partial charge on any atom is 0.416 e. The lowest BCUT2D eigenvalue weighted by Gasteiger charge is -2.12. The van der Waals surface area contributed by atoms with Gasteiger partial charge in [-0.15, -0.1) is 0 Å². The molecule has 0 unspecified atom stereocenters. The second-order valence-corrected chi connectivity index (χ2v) is 6.40. The fraction of sp³-hybridized carbons (Fsp3) is 0.158. The second kappa shape index (κ2) is 6.01. The molecular formula is C19H13F3N4O2. The molecular weight excluding hydrogens is 373 g/mol. The van der Waals surface area contributed by atoms with Crippen molar-refractivity contribution in [1.82, 2.24) is 19.3 Å². The molecule has 4 aromatic rings. The summed E-state index contributed by atoms with van der Waals surface area (Å²) in [7, 11) is 1.65. The Morgan fingerprint density at radius 3 is 2.39 bits per heavy atom. The third-order valence-corrected chi connectivity index (χ3v) is 4.46. The van der Waals surface area contributed by atoms with Crippen molar-refractivity contribution in [2.75, 3.05) is 0 Å². The van der Waals surface area contributed by atoms with Crippen molar-refractivity contribution in [2.45, 2.75) is 13.1 Å². The highest BCUT2D eigenvalue weighted by molar-refractivity contribution is 6.05. The molecule has 28 heavy (non-hydrogen) atoms. The van der Waals surface area contributed by atoms with Crippen molar-refractivity contribution in [1.29, 1.82) is 0 Å². The number of ketones is 1. The molecule has 0 atom stereocenters. The molecule has 6 nitrogen and oxygen atoms in total. The van der Waals surface area contributed by atoms with Gasteiger partial charge in [0, 0.05) is 30.4 Å². The van der Waals surface area contributed by atoms with E-state index < -0.39 is 17.3 Å². The predicted octanol–water partition coefficient (Wildman–Crippen LogP) is 3.49. The monoisotopic (exact) mass is 386 g/mol. The van der Waals surface area contributed by atoms with E-state index in [0.29, 0.717) is 16.5 Å². The van der Waals surface area contributed by atoms with Crippen LogP contribution in [-0.4, -0.2) is 25.1 Å². The Labute approximate surface area is 155 Å². The molecule has 0 aliphatic heterocycles. The molecule has 9 heteroatoms. The number of carbonyl (C=O) groups excluding carboxylic acids is 1. The fourth-order valence-electron chi connectivity index (χ4n) is 3.10. The summed E-state index contributed by atoms with van der Waals surface area (Å²) < 4.78 is 41.3. The summed E-state index contributed by atoms with van der Waals surface area (Å²) in [5, 5.41) is 5.02. The van der Waals surface area contributed by atoms with Gasteiger partial charge in [0.15, 0.2) is 5.78 Å². The number of nitrogens with zero attached hydrogens (tertiary/aromatic N) is 4. The third kappa shape index (κ3) is 2.75. The Balaban J connectivity index is 2.08. The fourth-order valence-corrected chi connectivity index (χ4v) is 3.10. The number of pyridine rings is 2. The Morgan fingerprint density at radius 2 is 1.79 bits per heavy atom. The van der Waals surface area contributed by atoms with E-state index in [1.54, 1.807) is 13.1 Å². The van der Waals surface area contributed by atoms with Gasteiger partial charge < -0.3 is 0 Å². The van der Waals surface area contributed by atoms with Crippen molar-refractivity contribution < 1.29 is 18.0 Å². The minimum Gasteiger partial charge on any atom is -0.294 e. The van der Waals surface area contributed by atoms with Crippen LogP contribution in [0.5, 0.6) is 0 Å². The van der Waals surface area contributed by atoms with Gasteiger partial charge in [0.2, 0.25) is 0 Å². The Morgan fingerprint density at radius 1 is 1.11 bits per heavy atom. The van der Waals surface area contributed by atoms with Crippen LogP contribution < -0.4 is 5.56 Å². The van der Waals surface area contributed by atoms with Gasteiger partial charge >= 0.3 is 6.18 Å². The van der Waals surface area contributed by atoms with E-state index in [9.17, 15) is 22.8 Å². The van der Waals surface area contributed by atoms with Gasteiger partial charge in [-0.05, 0) is 37.3 Å². The van der Waals surface area contributed by atoms with Crippen LogP contribution in [0.25, 0.3) is 27.6 Å². The SMILES string of the molecule is CC(=O)c1cnc2c(c1)c1nn(C)cc1c(=O)n2-c1ccc(C(F)(F)F)cc1. The van der Waals surface area contributed by atoms with Crippen LogP contribution in [0.4, 0.5) is 13.2 Å². The molecule has 0 saturated carbocycles. The Kier molecular flexibility index (Phi) is 3.84. The van der Waals surface area contributed by atoms with E-state index in [1.807, 2.05) is 0 Å². The summed E-state index contributed by atoms with van der Waals surface area (Å²) in [6, 6.07) is 5.83. The first-order valence-corrected chi connectivity index (χ1v) is 8.23. The first-order chi connectivity index (χ1) is 13.2. The van der Waals surface area contributed by atoms with Crippen LogP contribution in [0.3, 0.4) is 0 Å². The average Bonchev–Trinajstić information content (AvgIpc) is 3.03. The highest BCUT2D eigenvalue weighted by atomic mass is 19.4. The largest absolute Gasteiger partial charge is 0.416 e. The predicted molar refractivity (Wildman–Crippen MR) is 96.6 cm³/mol. The lowest BCUT2D eigenvalue weighted by atomic mass is 10.1. The quantitative estimate of drug-likeness (QED) is 0.495. The van der Waals surface area contributed by atoms with E-state index in [1.165, 1.54) is 40.7 Å². The summed E-state index contributed by atoms with van der Waals surface area (Å²) in [6.07, 6.45) is -1.62. The Hall–Kier alpha value is -3.49. The number of halogens is 3. The molecule has 0 aliphatic carbocycles. The molecule has 4 rings (SSSR count). The highest BCUT2D eigenvalue weighted by Crippen LogP contribution is 2.30. The van der Waals surface area contributed by atoms with Crippen LogP contribution in [0.15, 0.2) is 47.5 Å². The molecule has 3 aromatic heterocycles. The molecule has 0 bridgehead atoms. The van der Waals surface area contributed by atoms with Gasteiger partial charge in [-0.1, -0.05) is 0 Å². The first-order valence-electron chi connectivity index (χ1n) is 8.23. The van der Waals surface area contributed by atoms with E-state index >= 15 is 0 Å². The number of alkyl halides is 3. The molecule has 3 heterocycles. The molecule has 0 radical (unpaired) electrons. The van der Waals surface area contributed by atoms with E-state index in [2.05, 4.69) is 10.1 Å². The lowest BCUT2D eigenvalue weighted by molar-refractivity contribution is -0.137. The zero-order chi connectivity index (χ0) is 20.2. The van der Waals surface area contributed by atoms with Gasteiger partial charge in [0.25, 0.3) is 5.56 Å². The van der Waals surface area contributed by atoms with E-state index in [4.69, 9.17) is 0 Å². The summed E-state index contributed by atoms with van der Waals surface area (Å²) in [6.45, 7) is 1.39. The van der Waals surface area contributed by atoms with Crippen molar-refractivity contribution in [2.24, 2.45) is 7.05 Å². The molecule has 0 saturated heterocycles. The van der Waals surface area contributed by atoms with Gasteiger partial charge in [-0.2, -0.15) is 18.3 Å². The molecule has 0 fully saturated rings. The van der Waals surface area contributed by atoms with Gasteiger partial charge in [0.05, 0.1) is 16.6 Å². The van der Waals surface area contributed by atoms with Crippen molar-refractivity contribution in [3.63, 3.8) is 0 Å². The van der Waals surface area contributed by atoms with Crippen molar-refractivity contribution >= 4 is 27.7 Å². The van der Waals surface area contributed by atoms with Crippen LogP contribution in [0.2, 0.25) is 0 Å². The normalized spacial score (nSPS) is 12.0. The number of carbonyl (C=O) groups is 1. The number of rotatable bonds is 2. The minimum atomic E-state index is -4.48.